The van der Waals surface area contributed by atoms with Gasteiger partial charge in [-0.25, -0.2) is 12.8 Å². The van der Waals surface area contributed by atoms with Crippen molar-refractivity contribution < 1.29 is 27.1 Å². The van der Waals surface area contributed by atoms with Crippen LogP contribution in [-0.2, 0) is 21.2 Å². The second kappa shape index (κ2) is 10.2. The smallest absolute Gasteiger partial charge is 0.244 e. The zero-order valence-corrected chi connectivity index (χ0v) is 19.3. The molecule has 3 aromatic carbocycles. The Morgan fingerprint density at radius 1 is 0.971 bits per heavy atom. The Morgan fingerprint density at radius 2 is 1.65 bits per heavy atom. The minimum Gasteiger partial charge on any atom is -0.486 e. The van der Waals surface area contributed by atoms with Gasteiger partial charge < -0.3 is 14.8 Å². The van der Waals surface area contributed by atoms with E-state index >= 15 is 0 Å². The van der Waals surface area contributed by atoms with Gasteiger partial charge in [0.15, 0.2) is 11.5 Å². The number of benzene rings is 3. The van der Waals surface area contributed by atoms with Gasteiger partial charge in [0, 0.05) is 0 Å². The molecule has 1 heterocycles. The first-order valence-corrected chi connectivity index (χ1v) is 12.3. The van der Waals surface area contributed by atoms with Crippen molar-refractivity contribution in [2.75, 3.05) is 13.2 Å². The van der Waals surface area contributed by atoms with Crippen LogP contribution in [0.5, 0.6) is 11.5 Å². The van der Waals surface area contributed by atoms with Crippen LogP contribution in [0.2, 0.25) is 0 Å². The van der Waals surface area contributed by atoms with Crippen molar-refractivity contribution in [3.63, 3.8) is 0 Å². The molecule has 9 heteroatoms. The molecular weight excluding hydrogens is 459 g/mol. The molecule has 1 aliphatic rings. The molecule has 0 bridgehead atoms. The Bertz CT molecular complexity index is 1270. The monoisotopic (exact) mass is 484 g/mol. The molecule has 2 N–H and O–H groups in total. The second-order valence-corrected chi connectivity index (χ2v) is 9.61. The number of sulfonamides is 1. The number of ether oxygens (including phenoxy) is 2. The molecule has 178 valence electrons. The summed E-state index contributed by atoms with van der Waals surface area (Å²) in [4.78, 5) is 12.7. The molecule has 3 aromatic rings. The van der Waals surface area contributed by atoms with E-state index in [2.05, 4.69) is 10.0 Å². The van der Waals surface area contributed by atoms with Crippen molar-refractivity contribution in [3.05, 3.63) is 89.7 Å². The molecule has 1 amide bonds. The van der Waals surface area contributed by atoms with Crippen LogP contribution in [0, 0.1) is 5.82 Å². The fraction of sp³-hybridized carbons (Fsp3) is 0.240. The van der Waals surface area contributed by atoms with Gasteiger partial charge in [-0.2, -0.15) is 4.72 Å². The molecule has 0 saturated carbocycles. The third-order valence-electron chi connectivity index (χ3n) is 5.45. The summed E-state index contributed by atoms with van der Waals surface area (Å²) in [6.45, 7) is 2.70. The maximum atomic E-state index is 14.2. The van der Waals surface area contributed by atoms with E-state index in [-0.39, 0.29) is 6.42 Å². The van der Waals surface area contributed by atoms with Gasteiger partial charge in [0.05, 0.1) is 6.04 Å². The number of hydrogen-bond acceptors (Lipinski definition) is 5. The Hall–Kier alpha value is -3.43. The van der Waals surface area contributed by atoms with Crippen molar-refractivity contribution in [1.29, 1.82) is 0 Å². The van der Waals surface area contributed by atoms with E-state index in [9.17, 15) is 17.6 Å². The summed E-state index contributed by atoms with van der Waals surface area (Å²) >= 11 is 0. The standard InChI is InChI=1S/C25H25FN2O5S/c1-17(19-11-12-22-23(16-19)33-14-13-32-22)27-25(29)21(15-18-7-3-2-4-8-18)28-34(30,31)24-10-6-5-9-20(24)26/h2-12,16-17,21,28H,13-15H2,1H3,(H,27,29). The van der Waals surface area contributed by atoms with Gasteiger partial charge in [-0.05, 0) is 48.7 Å². The highest BCUT2D eigenvalue weighted by molar-refractivity contribution is 7.89. The average molecular weight is 485 g/mol. The van der Waals surface area contributed by atoms with Gasteiger partial charge in [0.1, 0.15) is 30.0 Å². The largest absolute Gasteiger partial charge is 0.486 e. The molecular formula is C25H25FN2O5S. The number of nitrogens with one attached hydrogen (secondary N) is 2. The molecule has 2 unspecified atom stereocenters. The quantitative estimate of drug-likeness (QED) is 0.511. The maximum absolute atomic E-state index is 14.2. The number of hydrogen-bond donors (Lipinski definition) is 2. The summed E-state index contributed by atoms with van der Waals surface area (Å²) in [6, 6.07) is 17.8. The predicted octanol–water partition coefficient (Wildman–Crippen LogP) is 3.36. The summed E-state index contributed by atoms with van der Waals surface area (Å²) in [6.07, 6.45) is 0.0915. The lowest BCUT2D eigenvalue weighted by atomic mass is 10.0. The van der Waals surface area contributed by atoms with E-state index in [1.165, 1.54) is 12.1 Å². The zero-order valence-electron chi connectivity index (χ0n) is 18.5. The number of fused-ring (bicyclic) bond motifs is 1. The van der Waals surface area contributed by atoms with Crippen molar-refractivity contribution in [1.82, 2.24) is 10.0 Å². The molecule has 4 rings (SSSR count). The van der Waals surface area contributed by atoms with Crippen LogP contribution in [-0.4, -0.2) is 33.6 Å². The van der Waals surface area contributed by atoms with E-state index in [4.69, 9.17) is 9.47 Å². The molecule has 0 spiro atoms. The normalized spacial score (nSPS) is 14.8. The minimum atomic E-state index is -4.29. The fourth-order valence-electron chi connectivity index (χ4n) is 3.68. The maximum Gasteiger partial charge on any atom is 0.244 e. The molecule has 7 nitrogen and oxygen atoms in total. The summed E-state index contributed by atoms with van der Waals surface area (Å²) in [5, 5.41) is 2.86. The molecule has 2 atom stereocenters. The summed E-state index contributed by atoms with van der Waals surface area (Å²) in [5.74, 6) is -0.205. The topological polar surface area (TPSA) is 93.7 Å². The van der Waals surface area contributed by atoms with Crippen LogP contribution in [0.4, 0.5) is 4.39 Å². The minimum absolute atomic E-state index is 0.0915. The van der Waals surface area contributed by atoms with Crippen LogP contribution in [0.25, 0.3) is 0 Å². The van der Waals surface area contributed by atoms with Gasteiger partial charge in [-0.1, -0.05) is 48.5 Å². The first-order chi connectivity index (χ1) is 16.3. The van der Waals surface area contributed by atoms with E-state index in [1.54, 1.807) is 43.3 Å². The van der Waals surface area contributed by atoms with Crippen LogP contribution in [0.15, 0.2) is 77.7 Å². The van der Waals surface area contributed by atoms with Crippen molar-refractivity contribution in [2.24, 2.45) is 0 Å². The Morgan fingerprint density at radius 3 is 2.38 bits per heavy atom. The third kappa shape index (κ3) is 5.55. The molecule has 1 aliphatic heterocycles. The van der Waals surface area contributed by atoms with Gasteiger partial charge in [0.25, 0.3) is 0 Å². The third-order valence-corrected chi connectivity index (χ3v) is 6.95. The van der Waals surface area contributed by atoms with Crippen LogP contribution in [0.3, 0.4) is 0 Å². The van der Waals surface area contributed by atoms with E-state index in [0.717, 1.165) is 23.3 Å². The number of carbonyl (C=O) groups excluding carboxylic acids is 1. The van der Waals surface area contributed by atoms with Crippen molar-refractivity contribution >= 4 is 15.9 Å². The second-order valence-electron chi connectivity index (χ2n) is 7.93. The molecule has 34 heavy (non-hydrogen) atoms. The number of rotatable bonds is 8. The van der Waals surface area contributed by atoms with Crippen molar-refractivity contribution in [2.45, 2.75) is 30.3 Å². The lowest BCUT2D eigenvalue weighted by molar-refractivity contribution is -0.123. The summed E-state index contributed by atoms with van der Waals surface area (Å²) < 4.78 is 53.5. The van der Waals surface area contributed by atoms with Crippen LogP contribution < -0.4 is 19.5 Å². The molecule has 0 aliphatic carbocycles. The Labute approximate surface area is 198 Å². The highest BCUT2D eigenvalue weighted by Gasteiger charge is 2.29. The summed E-state index contributed by atoms with van der Waals surface area (Å²) in [5.41, 5.74) is 1.53. The highest BCUT2D eigenvalue weighted by atomic mass is 32.2. The molecule has 0 saturated heterocycles. The van der Waals surface area contributed by atoms with E-state index in [0.29, 0.717) is 24.7 Å². The first kappa shape index (κ1) is 23.7. The van der Waals surface area contributed by atoms with E-state index < -0.39 is 38.7 Å². The molecule has 0 aromatic heterocycles. The zero-order chi connectivity index (χ0) is 24.1. The predicted molar refractivity (Wildman–Crippen MR) is 125 cm³/mol. The van der Waals surface area contributed by atoms with Gasteiger partial charge in [-0.3, -0.25) is 4.79 Å². The lowest BCUT2D eigenvalue weighted by Crippen LogP contribution is -2.48. The average Bonchev–Trinajstić information content (AvgIpc) is 2.84. The van der Waals surface area contributed by atoms with Gasteiger partial charge in [-0.15, -0.1) is 0 Å². The fourth-order valence-corrected chi connectivity index (χ4v) is 4.95. The summed E-state index contributed by atoms with van der Waals surface area (Å²) in [7, 11) is -4.29. The highest BCUT2D eigenvalue weighted by Crippen LogP contribution is 2.32. The molecule has 0 radical (unpaired) electrons. The van der Waals surface area contributed by atoms with Crippen LogP contribution in [0.1, 0.15) is 24.1 Å². The molecule has 0 fully saturated rings. The SMILES string of the molecule is CC(NC(=O)C(Cc1ccccc1)NS(=O)(=O)c1ccccc1F)c1ccc2c(c1)OCCO2. The number of amides is 1. The van der Waals surface area contributed by atoms with Crippen LogP contribution >= 0.6 is 0 Å². The van der Waals surface area contributed by atoms with E-state index in [1.807, 2.05) is 12.1 Å². The Kier molecular flexibility index (Phi) is 7.14. The van der Waals surface area contributed by atoms with Crippen molar-refractivity contribution in [3.8, 4) is 11.5 Å². The number of carbonyl (C=O) groups is 1. The number of halogens is 1. The van der Waals surface area contributed by atoms with Gasteiger partial charge in [0.2, 0.25) is 15.9 Å². The lowest BCUT2D eigenvalue weighted by Gasteiger charge is -2.23. The van der Waals surface area contributed by atoms with Gasteiger partial charge >= 0.3 is 0 Å². The first-order valence-electron chi connectivity index (χ1n) is 10.8. The Balaban J connectivity index is 1.55.